The largest absolute Gasteiger partial charge is 0.495 e. The monoisotopic (exact) mass is 300 g/mol. The second-order valence-electron chi connectivity index (χ2n) is 4.38. The molecule has 1 N–H and O–H groups in total. The van der Waals surface area contributed by atoms with E-state index in [1.807, 2.05) is 6.07 Å². The first-order valence-corrected chi connectivity index (χ1v) is 6.62. The molecule has 0 heterocycles. The fourth-order valence-electron chi connectivity index (χ4n) is 1.83. The van der Waals surface area contributed by atoms with Crippen molar-refractivity contribution < 1.29 is 9.53 Å². The number of hydrogen-bond acceptors (Lipinski definition) is 3. The Hall–Kier alpha value is -2.51. The van der Waals surface area contributed by atoms with Crippen molar-refractivity contribution in [3.8, 4) is 11.8 Å². The summed E-state index contributed by atoms with van der Waals surface area (Å²) in [6.45, 7) is 0. The van der Waals surface area contributed by atoms with Gasteiger partial charge in [-0.05, 0) is 29.8 Å². The van der Waals surface area contributed by atoms with E-state index in [0.29, 0.717) is 22.0 Å². The molecular formula is C16H13ClN2O2. The topological polar surface area (TPSA) is 62.1 Å². The van der Waals surface area contributed by atoms with Crippen LogP contribution in [0.4, 0.5) is 5.69 Å². The number of rotatable bonds is 4. The van der Waals surface area contributed by atoms with Crippen molar-refractivity contribution in [2.45, 2.75) is 6.42 Å². The maximum atomic E-state index is 12.0. The van der Waals surface area contributed by atoms with E-state index in [2.05, 4.69) is 5.32 Å². The molecule has 0 spiro atoms. The lowest BCUT2D eigenvalue weighted by molar-refractivity contribution is -0.115. The number of nitrogens with one attached hydrogen (secondary N) is 1. The highest BCUT2D eigenvalue weighted by Crippen LogP contribution is 2.27. The van der Waals surface area contributed by atoms with Crippen molar-refractivity contribution >= 4 is 23.2 Å². The summed E-state index contributed by atoms with van der Waals surface area (Å²) in [5.74, 6) is 0.358. The van der Waals surface area contributed by atoms with E-state index in [0.717, 1.165) is 5.56 Å². The van der Waals surface area contributed by atoms with E-state index in [4.69, 9.17) is 21.6 Å². The van der Waals surface area contributed by atoms with Gasteiger partial charge in [-0.25, -0.2) is 0 Å². The molecule has 106 valence electrons. The van der Waals surface area contributed by atoms with Crippen LogP contribution < -0.4 is 10.1 Å². The number of halogens is 1. The molecule has 0 aliphatic carbocycles. The number of carbonyl (C=O) groups is 1. The van der Waals surface area contributed by atoms with Crippen LogP contribution in [0.3, 0.4) is 0 Å². The Morgan fingerprint density at radius 3 is 2.62 bits per heavy atom. The Morgan fingerprint density at radius 1 is 1.29 bits per heavy atom. The number of amides is 1. The molecule has 0 unspecified atom stereocenters. The molecule has 1 amide bonds. The zero-order valence-corrected chi connectivity index (χ0v) is 12.1. The molecule has 2 rings (SSSR count). The first-order chi connectivity index (χ1) is 10.1. The zero-order chi connectivity index (χ0) is 15.2. The molecule has 5 heteroatoms. The summed E-state index contributed by atoms with van der Waals surface area (Å²) in [5, 5.41) is 12.0. The highest BCUT2D eigenvalue weighted by molar-refractivity contribution is 6.32. The first kappa shape index (κ1) is 14.9. The summed E-state index contributed by atoms with van der Waals surface area (Å²) in [6.07, 6.45) is 0.233. The number of ether oxygens (including phenoxy) is 1. The number of hydrogen-bond donors (Lipinski definition) is 1. The molecule has 0 radical (unpaired) electrons. The molecule has 4 nitrogen and oxygen atoms in total. The third kappa shape index (κ3) is 3.98. The second-order valence-corrected chi connectivity index (χ2v) is 4.79. The van der Waals surface area contributed by atoms with Gasteiger partial charge in [0.1, 0.15) is 5.75 Å². The Labute approximate surface area is 127 Å². The van der Waals surface area contributed by atoms with Crippen molar-refractivity contribution in [1.82, 2.24) is 0 Å². The van der Waals surface area contributed by atoms with Gasteiger partial charge in [0.25, 0.3) is 0 Å². The quantitative estimate of drug-likeness (QED) is 0.941. The maximum absolute atomic E-state index is 12.0. The minimum atomic E-state index is -0.149. The SMILES string of the molecule is COc1cc(NC(=O)Cc2ccc(C#N)cc2)ccc1Cl. The minimum absolute atomic E-state index is 0.149. The first-order valence-electron chi connectivity index (χ1n) is 6.25. The molecule has 0 saturated carbocycles. The molecular weight excluding hydrogens is 288 g/mol. The van der Waals surface area contributed by atoms with Crippen LogP contribution >= 0.6 is 11.6 Å². The lowest BCUT2D eigenvalue weighted by Crippen LogP contribution is -2.14. The molecule has 0 aromatic heterocycles. The van der Waals surface area contributed by atoms with Gasteiger partial charge in [0, 0.05) is 11.8 Å². The standard InChI is InChI=1S/C16H13ClN2O2/c1-21-15-9-13(6-7-14(15)17)19-16(20)8-11-2-4-12(10-18)5-3-11/h2-7,9H,8H2,1H3,(H,19,20). The molecule has 0 bridgehead atoms. The fraction of sp³-hybridized carbons (Fsp3) is 0.125. The Kier molecular flexibility index (Phi) is 4.81. The van der Waals surface area contributed by atoms with E-state index in [-0.39, 0.29) is 12.3 Å². The van der Waals surface area contributed by atoms with Gasteiger partial charge in [0.2, 0.25) is 5.91 Å². The van der Waals surface area contributed by atoms with Crippen LogP contribution in [0.25, 0.3) is 0 Å². The van der Waals surface area contributed by atoms with Crippen LogP contribution in [0.2, 0.25) is 5.02 Å². The molecule has 2 aromatic rings. The fourth-order valence-corrected chi connectivity index (χ4v) is 2.02. The Bertz CT molecular complexity index is 690. The van der Waals surface area contributed by atoms with E-state index >= 15 is 0 Å². The third-order valence-electron chi connectivity index (χ3n) is 2.88. The average molecular weight is 301 g/mol. The van der Waals surface area contributed by atoms with Crippen LogP contribution in [-0.2, 0) is 11.2 Å². The summed E-state index contributed by atoms with van der Waals surface area (Å²) in [6, 6.07) is 14.0. The average Bonchev–Trinajstić information content (AvgIpc) is 2.50. The normalized spacial score (nSPS) is 9.76. The van der Waals surface area contributed by atoms with Crippen molar-refractivity contribution in [1.29, 1.82) is 5.26 Å². The van der Waals surface area contributed by atoms with Gasteiger partial charge in [-0.3, -0.25) is 4.79 Å². The van der Waals surface area contributed by atoms with Crippen molar-refractivity contribution in [2.24, 2.45) is 0 Å². The zero-order valence-electron chi connectivity index (χ0n) is 11.4. The number of nitriles is 1. The third-order valence-corrected chi connectivity index (χ3v) is 3.19. The van der Waals surface area contributed by atoms with E-state index in [1.165, 1.54) is 7.11 Å². The lowest BCUT2D eigenvalue weighted by atomic mass is 10.1. The number of methoxy groups -OCH3 is 1. The second kappa shape index (κ2) is 6.78. The van der Waals surface area contributed by atoms with Crippen LogP contribution in [0.5, 0.6) is 5.75 Å². The summed E-state index contributed by atoms with van der Waals surface area (Å²) in [4.78, 5) is 12.0. The smallest absolute Gasteiger partial charge is 0.228 e. The number of benzene rings is 2. The maximum Gasteiger partial charge on any atom is 0.228 e. The lowest BCUT2D eigenvalue weighted by Gasteiger charge is -2.08. The predicted molar refractivity (Wildman–Crippen MR) is 81.5 cm³/mol. The van der Waals surface area contributed by atoms with Crippen molar-refractivity contribution in [3.63, 3.8) is 0 Å². The summed E-state index contributed by atoms with van der Waals surface area (Å²) in [5.41, 5.74) is 2.03. The van der Waals surface area contributed by atoms with Gasteiger partial charge < -0.3 is 10.1 Å². The Morgan fingerprint density at radius 2 is 2.00 bits per heavy atom. The summed E-state index contributed by atoms with van der Waals surface area (Å²) >= 11 is 5.93. The molecule has 0 aliphatic rings. The highest BCUT2D eigenvalue weighted by Gasteiger charge is 2.07. The van der Waals surface area contributed by atoms with Crippen LogP contribution in [0, 0.1) is 11.3 Å². The summed E-state index contributed by atoms with van der Waals surface area (Å²) in [7, 11) is 1.52. The van der Waals surface area contributed by atoms with Gasteiger partial charge >= 0.3 is 0 Å². The van der Waals surface area contributed by atoms with E-state index < -0.39 is 0 Å². The van der Waals surface area contributed by atoms with Gasteiger partial charge in [0.05, 0.1) is 30.2 Å². The minimum Gasteiger partial charge on any atom is -0.495 e. The molecule has 0 aliphatic heterocycles. The van der Waals surface area contributed by atoms with Crippen molar-refractivity contribution in [3.05, 3.63) is 58.6 Å². The molecule has 0 saturated heterocycles. The van der Waals surface area contributed by atoms with Crippen LogP contribution in [-0.4, -0.2) is 13.0 Å². The van der Waals surface area contributed by atoms with Gasteiger partial charge in [-0.15, -0.1) is 0 Å². The van der Waals surface area contributed by atoms with Crippen molar-refractivity contribution in [2.75, 3.05) is 12.4 Å². The molecule has 21 heavy (non-hydrogen) atoms. The van der Waals surface area contributed by atoms with Crippen LogP contribution in [0.15, 0.2) is 42.5 Å². The van der Waals surface area contributed by atoms with Gasteiger partial charge in [-0.1, -0.05) is 23.7 Å². The summed E-state index contributed by atoms with van der Waals surface area (Å²) < 4.78 is 5.10. The van der Waals surface area contributed by atoms with E-state index in [9.17, 15) is 4.79 Å². The van der Waals surface area contributed by atoms with Gasteiger partial charge in [0.15, 0.2) is 0 Å². The van der Waals surface area contributed by atoms with Crippen LogP contribution in [0.1, 0.15) is 11.1 Å². The highest BCUT2D eigenvalue weighted by atomic mass is 35.5. The number of carbonyl (C=O) groups excluding carboxylic acids is 1. The predicted octanol–water partition coefficient (Wildman–Crippen LogP) is 3.40. The molecule has 2 aromatic carbocycles. The molecule has 0 fully saturated rings. The number of anilines is 1. The molecule has 0 atom stereocenters. The Balaban J connectivity index is 2.02. The van der Waals surface area contributed by atoms with Gasteiger partial charge in [-0.2, -0.15) is 5.26 Å². The number of nitrogens with zero attached hydrogens (tertiary/aromatic N) is 1. The van der Waals surface area contributed by atoms with E-state index in [1.54, 1.807) is 42.5 Å².